The number of aliphatic hydroxyl groups is 1. The van der Waals surface area contributed by atoms with Crippen LogP contribution >= 0.6 is 0 Å². The number of fused-ring (bicyclic) bond motifs is 1. The van der Waals surface area contributed by atoms with Crippen LogP contribution in [-0.2, 0) is 17.8 Å². The average molecular weight is 383 g/mol. The van der Waals surface area contributed by atoms with Crippen LogP contribution in [0.25, 0.3) is 0 Å². The second-order valence-electron chi connectivity index (χ2n) is 8.44. The lowest BCUT2D eigenvalue weighted by Gasteiger charge is -2.38. The van der Waals surface area contributed by atoms with Crippen molar-refractivity contribution in [1.82, 2.24) is 10.2 Å². The summed E-state index contributed by atoms with van der Waals surface area (Å²) >= 11 is 0. The number of carbonyl (C=O) groups is 1. The number of para-hydroxylation sites is 1. The Morgan fingerprint density at radius 1 is 1.14 bits per heavy atom. The van der Waals surface area contributed by atoms with Gasteiger partial charge in [-0.25, -0.2) is 0 Å². The summed E-state index contributed by atoms with van der Waals surface area (Å²) in [7, 11) is 0. The van der Waals surface area contributed by atoms with E-state index >= 15 is 0 Å². The van der Waals surface area contributed by atoms with Gasteiger partial charge < -0.3 is 15.2 Å². The highest BCUT2D eigenvalue weighted by atomic mass is 16.5. The molecule has 0 spiro atoms. The summed E-state index contributed by atoms with van der Waals surface area (Å²) in [4.78, 5) is 15.0. The van der Waals surface area contributed by atoms with Crippen LogP contribution in [0.2, 0.25) is 0 Å². The third kappa shape index (κ3) is 5.57. The Hall–Kier alpha value is -2.37. The fraction of sp³-hybridized carbons (Fsp3) is 0.435. The Bertz CT molecular complexity index is 786. The number of aliphatic hydroxyl groups excluding tert-OH is 1. The van der Waals surface area contributed by atoms with E-state index in [2.05, 4.69) is 22.3 Å². The molecule has 0 fully saturated rings. The molecular formula is C23H30N2O3. The molecule has 28 heavy (non-hydrogen) atoms. The van der Waals surface area contributed by atoms with E-state index in [1.54, 1.807) is 0 Å². The molecule has 1 aliphatic rings. The number of benzene rings is 2. The maximum atomic E-state index is 12.9. The average Bonchev–Trinajstić information content (AvgIpc) is 2.65. The van der Waals surface area contributed by atoms with Crippen LogP contribution in [0.5, 0.6) is 5.75 Å². The number of amides is 1. The number of nitrogens with one attached hydrogen (secondary N) is 1. The molecule has 3 rings (SSSR count). The van der Waals surface area contributed by atoms with Gasteiger partial charge in [0.15, 0.2) is 0 Å². The molecule has 1 heterocycles. The van der Waals surface area contributed by atoms with Gasteiger partial charge in [-0.05, 0) is 50.5 Å². The summed E-state index contributed by atoms with van der Waals surface area (Å²) in [6.45, 7) is 7.15. The Morgan fingerprint density at radius 3 is 2.46 bits per heavy atom. The Morgan fingerprint density at radius 2 is 1.79 bits per heavy atom. The van der Waals surface area contributed by atoms with Gasteiger partial charge in [-0.15, -0.1) is 0 Å². The molecule has 5 heteroatoms. The quantitative estimate of drug-likeness (QED) is 0.807. The van der Waals surface area contributed by atoms with Crippen LogP contribution in [0.3, 0.4) is 0 Å². The number of hydrogen-bond donors (Lipinski definition) is 2. The molecule has 2 aromatic rings. The van der Waals surface area contributed by atoms with Gasteiger partial charge in [-0.2, -0.15) is 0 Å². The van der Waals surface area contributed by atoms with Crippen molar-refractivity contribution in [1.29, 1.82) is 0 Å². The minimum absolute atomic E-state index is 0.00168. The molecule has 0 saturated heterocycles. The van der Waals surface area contributed by atoms with Crippen molar-refractivity contribution in [3.8, 4) is 5.75 Å². The number of ether oxygens (including phenoxy) is 1. The third-order valence-electron chi connectivity index (χ3n) is 4.78. The predicted molar refractivity (Wildman–Crippen MR) is 110 cm³/mol. The van der Waals surface area contributed by atoms with E-state index < -0.39 is 6.10 Å². The first-order chi connectivity index (χ1) is 13.3. The third-order valence-corrected chi connectivity index (χ3v) is 4.78. The Balaban J connectivity index is 1.69. The van der Waals surface area contributed by atoms with Gasteiger partial charge in [-0.3, -0.25) is 9.69 Å². The van der Waals surface area contributed by atoms with Crippen LogP contribution in [0.1, 0.15) is 31.9 Å². The van der Waals surface area contributed by atoms with E-state index in [0.29, 0.717) is 19.5 Å². The highest BCUT2D eigenvalue weighted by Crippen LogP contribution is 2.24. The van der Waals surface area contributed by atoms with E-state index in [1.807, 2.05) is 63.2 Å². The van der Waals surface area contributed by atoms with E-state index in [4.69, 9.17) is 4.74 Å². The number of nitrogens with zero attached hydrogens (tertiary/aromatic N) is 1. The lowest BCUT2D eigenvalue weighted by atomic mass is 9.92. The maximum absolute atomic E-state index is 12.9. The second kappa shape index (κ2) is 8.76. The maximum Gasteiger partial charge on any atom is 0.238 e. The van der Waals surface area contributed by atoms with Gasteiger partial charge in [0.25, 0.3) is 0 Å². The van der Waals surface area contributed by atoms with Crippen molar-refractivity contribution >= 4 is 5.91 Å². The van der Waals surface area contributed by atoms with Gasteiger partial charge in [0.05, 0.1) is 6.04 Å². The molecule has 0 radical (unpaired) electrons. The molecule has 0 aliphatic carbocycles. The van der Waals surface area contributed by atoms with Crippen LogP contribution in [-0.4, -0.2) is 46.7 Å². The topological polar surface area (TPSA) is 61.8 Å². The van der Waals surface area contributed by atoms with Crippen LogP contribution in [0.4, 0.5) is 0 Å². The molecular weight excluding hydrogens is 352 g/mol. The van der Waals surface area contributed by atoms with Gasteiger partial charge in [-0.1, -0.05) is 42.5 Å². The molecule has 150 valence electrons. The SMILES string of the molecule is CC(C)(C)NC(=O)C1Cc2ccccc2CN1CC(O)COc1ccccc1. The van der Waals surface area contributed by atoms with Crippen LogP contribution in [0, 0.1) is 0 Å². The number of hydrogen-bond acceptors (Lipinski definition) is 4. The molecule has 0 bridgehead atoms. The van der Waals surface area contributed by atoms with Crippen molar-refractivity contribution in [2.75, 3.05) is 13.2 Å². The zero-order chi connectivity index (χ0) is 20.1. The van der Waals surface area contributed by atoms with Gasteiger partial charge in [0, 0.05) is 18.6 Å². The van der Waals surface area contributed by atoms with Crippen LogP contribution < -0.4 is 10.1 Å². The molecule has 1 aliphatic heterocycles. The highest BCUT2D eigenvalue weighted by molar-refractivity contribution is 5.83. The first-order valence-electron chi connectivity index (χ1n) is 9.80. The van der Waals surface area contributed by atoms with Gasteiger partial charge >= 0.3 is 0 Å². The van der Waals surface area contributed by atoms with Crippen molar-refractivity contribution in [3.63, 3.8) is 0 Å². The minimum Gasteiger partial charge on any atom is -0.491 e. The standard InChI is InChI=1S/C23H30N2O3/c1-23(2,3)24-22(27)21-13-17-9-7-8-10-18(17)14-25(21)15-19(26)16-28-20-11-5-4-6-12-20/h4-12,19,21,26H,13-16H2,1-3H3,(H,24,27). The zero-order valence-corrected chi connectivity index (χ0v) is 16.9. The summed E-state index contributed by atoms with van der Waals surface area (Å²) in [5.41, 5.74) is 2.11. The summed E-state index contributed by atoms with van der Waals surface area (Å²) in [6, 6.07) is 17.3. The lowest BCUT2D eigenvalue weighted by molar-refractivity contribution is -0.129. The lowest BCUT2D eigenvalue weighted by Crippen LogP contribution is -2.56. The number of carbonyl (C=O) groups excluding carboxylic acids is 1. The van der Waals surface area contributed by atoms with E-state index in [9.17, 15) is 9.90 Å². The molecule has 2 aromatic carbocycles. The Labute approximate surface area is 167 Å². The first-order valence-corrected chi connectivity index (χ1v) is 9.80. The van der Waals surface area contributed by atoms with Crippen LogP contribution in [0.15, 0.2) is 54.6 Å². The van der Waals surface area contributed by atoms with Crippen molar-refractivity contribution < 1.29 is 14.6 Å². The van der Waals surface area contributed by atoms with Gasteiger partial charge in [0.1, 0.15) is 18.5 Å². The molecule has 2 N–H and O–H groups in total. The normalized spacial score (nSPS) is 18.2. The van der Waals surface area contributed by atoms with E-state index in [0.717, 1.165) is 5.75 Å². The second-order valence-corrected chi connectivity index (χ2v) is 8.44. The smallest absolute Gasteiger partial charge is 0.238 e. The predicted octanol–water partition coefficient (Wildman–Crippen LogP) is 2.77. The molecule has 0 saturated carbocycles. The first kappa shape index (κ1) is 20.4. The van der Waals surface area contributed by atoms with E-state index in [1.165, 1.54) is 11.1 Å². The molecule has 5 nitrogen and oxygen atoms in total. The van der Waals surface area contributed by atoms with Crippen molar-refractivity contribution in [3.05, 3.63) is 65.7 Å². The molecule has 2 atom stereocenters. The Kier molecular flexibility index (Phi) is 6.37. The summed E-state index contributed by atoms with van der Waals surface area (Å²) in [5.74, 6) is 0.728. The summed E-state index contributed by atoms with van der Waals surface area (Å²) in [5, 5.41) is 13.6. The van der Waals surface area contributed by atoms with Crippen molar-refractivity contribution in [2.24, 2.45) is 0 Å². The van der Waals surface area contributed by atoms with Crippen molar-refractivity contribution in [2.45, 2.75) is 51.4 Å². The largest absolute Gasteiger partial charge is 0.491 e. The van der Waals surface area contributed by atoms with E-state index in [-0.39, 0.29) is 24.1 Å². The summed E-state index contributed by atoms with van der Waals surface area (Å²) < 4.78 is 5.68. The number of β-amino-alcohol motifs (C(OH)–C–C–N with tert-alkyl or cyclic N) is 1. The fourth-order valence-electron chi connectivity index (χ4n) is 3.51. The molecule has 2 unspecified atom stereocenters. The monoisotopic (exact) mass is 382 g/mol. The fourth-order valence-corrected chi connectivity index (χ4v) is 3.51. The van der Waals surface area contributed by atoms with Gasteiger partial charge in [0.2, 0.25) is 5.91 Å². The number of rotatable bonds is 6. The zero-order valence-electron chi connectivity index (χ0n) is 16.9. The minimum atomic E-state index is -0.685. The highest BCUT2D eigenvalue weighted by Gasteiger charge is 2.34. The molecule has 0 aromatic heterocycles. The molecule has 1 amide bonds. The summed E-state index contributed by atoms with van der Waals surface area (Å²) in [6.07, 6.45) is -0.0416.